The fourth-order valence-corrected chi connectivity index (χ4v) is 3.40. The van der Waals surface area contributed by atoms with Crippen molar-refractivity contribution in [3.8, 4) is 0 Å². The SMILES string of the molecule is CC1CC(C)C(CN(C)Cc2cccnc2)C(O)C1. The fourth-order valence-electron chi connectivity index (χ4n) is 3.40. The molecular formula is C16H26N2O. The molecule has 0 aromatic carbocycles. The third-order valence-corrected chi connectivity index (χ3v) is 4.34. The Labute approximate surface area is 116 Å². The van der Waals surface area contributed by atoms with Gasteiger partial charge in [0.05, 0.1) is 6.10 Å². The van der Waals surface area contributed by atoms with Crippen LogP contribution < -0.4 is 0 Å². The summed E-state index contributed by atoms with van der Waals surface area (Å²) in [4.78, 5) is 6.45. The third-order valence-electron chi connectivity index (χ3n) is 4.34. The number of aliphatic hydroxyl groups excluding tert-OH is 1. The standard InChI is InChI=1S/C16H26N2O/c1-12-7-13(2)15(16(19)8-12)11-18(3)10-14-5-4-6-17-9-14/h4-6,9,12-13,15-16,19H,7-8,10-11H2,1-3H3. The van der Waals surface area contributed by atoms with Crippen LogP contribution in [0.25, 0.3) is 0 Å². The average Bonchev–Trinajstić information content (AvgIpc) is 2.35. The summed E-state index contributed by atoms with van der Waals surface area (Å²) in [6.45, 7) is 6.39. The summed E-state index contributed by atoms with van der Waals surface area (Å²) in [7, 11) is 2.13. The van der Waals surface area contributed by atoms with Gasteiger partial charge in [-0.3, -0.25) is 4.98 Å². The van der Waals surface area contributed by atoms with Gasteiger partial charge < -0.3 is 10.0 Å². The predicted octanol–water partition coefficient (Wildman–Crippen LogP) is 2.56. The van der Waals surface area contributed by atoms with E-state index in [4.69, 9.17) is 0 Å². The van der Waals surface area contributed by atoms with Gasteiger partial charge in [0.2, 0.25) is 0 Å². The highest BCUT2D eigenvalue weighted by Crippen LogP contribution is 2.34. The van der Waals surface area contributed by atoms with Crippen LogP contribution in [0.5, 0.6) is 0 Å². The molecule has 0 bridgehead atoms. The van der Waals surface area contributed by atoms with E-state index >= 15 is 0 Å². The maximum Gasteiger partial charge on any atom is 0.0585 e. The van der Waals surface area contributed by atoms with E-state index in [1.54, 1.807) is 6.20 Å². The second kappa shape index (κ2) is 6.49. The molecule has 1 fully saturated rings. The first-order valence-corrected chi connectivity index (χ1v) is 7.31. The average molecular weight is 262 g/mol. The van der Waals surface area contributed by atoms with Crippen molar-refractivity contribution in [1.82, 2.24) is 9.88 Å². The largest absolute Gasteiger partial charge is 0.393 e. The second-order valence-electron chi connectivity index (χ2n) is 6.34. The maximum absolute atomic E-state index is 10.3. The zero-order valence-electron chi connectivity index (χ0n) is 12.3. The first kappa shape index (κ1) is 14.5. The highest BCUT2D eigenvalue weighted by Gasteiger charge is 2.33. The minimum absolute atomic E-state index is 0.143. The third kappa shape index (κ3) is 4.02. The van der Waals surface area contributed by atoms with Crippen molar-refractivity contribution in [2.24, 2.45) is 17.8 Å². The molecule has 0 saturated heterocycles. The van der Waals surface area contributed by atoms with Crippen molar-refractivity contribution in [2.45, 2.75) is 39.3 Å². The van der Waals surface area contributed by atoms with Crippen LogP contribution in [0.3, 0.4) is 0 Å². The van der Waals surface area contributed by atoms with Crippen molar-refractivity contribution in [3.63, 3.8) is 0 Å². The number of nitrogens with zero attached hydrogens (tertiary/aromatic N) is 2. The topological polar surface area (TPSA) is 36.4 Å². The summed E-state index contributed by atoms with van der Waals surface area (Å²) in [5.41, 5.74) is 1.23. The molecule has 1 aromatic rings. The van der Waals surface area contributed by atoms with Crippen LogP contribution in [0, 0.1) is 17.8 Å². The van der Waals surface area contributed by atoms with E-state index in [1.807, 2.05) is 12.3 Å². The highest BCUT2D eigenvalue weighted by atomic mass is 16.3. The Hall–Kier alpha value is -0.930. The molecule has 1 heterocycles. The van der Waals surface area contributed by atoms with Gasteiger partial charge in [-0.1, -0.05) is 19.9 Å². The molecule has 1 N–H and O–H groups in total. The number of hydrogen-bond donors (Lipinski definition) is 1. The first-order valence-electron chi connectivity index (χ1n) is 7.31. The molecule has 0 aliphatic heterocycles. The Morgan fingerprint density at radius 2 is 2.16 bits per heavy atom. The van der Waals surface area contributed by atoms with Gasteiger partial charge in [-0.25, -0.2) is 0 Å². The highest BCUT2D eigenvalue weighted by molar-refractivity contribution is 5.08. The number of pyridine rings is 1. The van der Waals surface area contributed by atoms with Crippen molar-refractivity contribution >= 4 is 0 Å². The van der Waals surface area contributed by atoms with Crippen LogP contribution in [0.1, 0.15) is 32.3 Å². The Bertz CT molecular complexity index is 370. The van der Waals surface area contributed by atoms with Crippen LogP contribution in [0.4, 0.5) is 0 Å². The fraction of sp³-hybridized carbons (Fsp3) is 0.688. The van der Waals surface area contributed by atoms with Crippen LogP contribution in [0.15, 0.2) is 24.5 Å². The summed E-state index contributed by atoms with van der Waals surface area (Å²) in [6.07, 6.45) is 5.77. The van der Waals surface area contributed by atoms with Crippen molar-refractivity contribution in [2.75, 3.05) is 13.6 Å². The van der Waals surface area contributed by atoms with Gasteiger partial charge in [0.1, 0.15) is 0 Å². The monoisotopic (exact) mass is 262 g/mol. The molecule has 1 aliphatic carbocycles. The summed E-state index contributed by atoms with van der Waals surface area (Å²) in [5.74, 6) is 1.66. The van der Waals surface area contributed by atoms with Crippen LogP contribution in [-0.4, -0.2) is 34.7 Å². The second-order valence-corrected chi connectivity index (χ2v) is 6.34. The molecule has 19 heavy (non-hydrogen) atoms. The van der Waals surface area contributed by atoms with E-state index in [-0.39, 0.29) is 6.10 Å². The zero-order chi connectivity index (χ0) is 13.8. The van der Waals surface area contributed by atoms with E-state index in [2.05, 4.69) is 36.8 Å². The maximum atomic E-state index is 10.3. The van der Waals surface area contributed by atoms with E-state index in [0.717, 1.165) is 19.5 Å². The minimum atomic E-state index is -0.143. The molecule has 0 spiro atoms. The lowest BCUT2D eigenvalue weighted by molar-refractivity contribution is 0.000587. The molecule has 106 valence electrons. The summed E-state index contributed by atoms with van der Waals surface area (Å²) >= 11 is 0. The zero-order valence-corrected chi connectivity index (χ0v) is 12.3. The molecule has 0 amide bonds. The van der Waals surface area contributed by atoms with E-state index in [9.17, 15) is 5.11 Å². The van der Waals surface area contributed by atoms with Gasteiger partial charge in [-0.2, -0.15) is 0 Å². The van der Waals surface area contributed by atoms with Crippen molar-refractivity contribution in [1.29, 1.82) is 0 Å². The molecule has 1 aliphatic rings. The molecule has 0 radical (unpaired) electrons. The van der Waals surface area contributed by atoms with Gasteiger partial charge in [-0.15, -0.1) is 0 Å². The van der Waals surface area contributed by atoms with Gasteiger partial charge in [0, 0.05) is 31.4 Å². The molecule has 4 unspecified atom stereocenters. The van der Waals surface area contributed by atoms with Gasteiger partial charge in [0.15, 0.2) is 0 Å². The smallest absolute Gasteiger partial charge is 0.0585 e. The molecule has 3 heteroatoms. The van der Waals surface area contributed by atoms with Gasteiger partial charge >= 0.3 is 0 Å². The summed E-state index contributed by atoms with van der Waals surface area (Å²) < 4.78 is 0. The summed E-state index contributed by atoms with van der Waals surface area (Å²) in [5, 5.41) is 10.3. The lowest BCUT2D eigenvalue weighted by Crippen LogP contribution is -2.41. The Balaban J connectivity index is 1.89. The van der Waals surface area contributed by atoms with Gasteiger partial charge in [-0.05, 0) is 43.4 Å². The van der Waals surface area contributed by atoms with Crippen LogP contribution in [-0.2, 0) is 6.54 Å². The Morgan fingerprint density at radius 1 is 1.37 bits per heavy atom. The lowest BCUT2D eigenvalue weighted by atomic mass is 9.73. The number of rotatable bonds is 4. The first-order chi connectivity index (χ1) is 9.06. The quantitative estimate of drug-likeness (QED) is 0.906. The number of aliphatic hydroxyl groups is 1. The molecule has 1 saturated carbocycles. The van der Waals surface area contributed by atoms with Gasteiger partial charge in [0.25, 0.3) is 0 Å². The normalized spacial score (nSPS) is 31.6. The van der Waals surface area contributed by atoms with Crippen LogP contribution >= 0.6 is 0 Å². The lowest BCUT2D eigenvalue weighted by Gasteiger charge is -2.39. The molecule has 1 aromatic heterocycles. The number of hydrogen-bond acceptors (Lipinski definition) is 3. The summed E-state index contributed by atoms with van der Waals surface area (Å²) in [6, 6.07) is 4.08. The minimum Gasteiger partial charge on any atom is -0.393 e. The van der Waals surface area contributed by atoms with E-state index in [0.29, 0.717) is 17.8 Å². The molecule has 2 rings (SSSR count). The molecular weight excluding hydrogens is 236 g/mol. The Kier molecular flexibility index (Phi) is 4.94. The predicted molar refractivity (Wildman–Crippen MR) is 77.6 cm³/mol. The van der Waals surface area contributed by atoms with Crippen molar-refractivity contribution < 1.29 is 5.11 Å². The molecule has 4 atom stereocenters. The number of aromatic nitrogens is 1. The van der Waals surface area contributed by atoms with Crippen LogP contribution in [0.2, 0.25) is 0 Å². The Morgan fingerprint density at radius 3 is 2.79 bits per heavy atom. The van der Waals surface area contributed by atoms with Crippen molar-refractivity contribution in [3.05, 3.63) is 30.1 Å². The molecule has 3 nitrogen and oxygen atoms in total. The van der Waals surface area contributed by atoms with E-state index < -0.39 is 0 Å². The van der Waals surface area contributed by atoms with E-state index in [1.165, 1.54) is 12.0 Å².